The zero-order valence-corrected chi connectivity index (χ0v) is 10.2. The number of carbonyl (C=O) groups is 1. The fourth-order valence-corrected chi connectivity index (χ4v) is 1.69. The van der Waals surface area contributed by atoms with Crippen molar-refractivity contribution in [1.82, 2.24) is 10.2 Å². The van der Waals surface area contributed by atoms with Crippen molar-refractivity contribution in [2.75, 3.05) is 5.32 Å². The lowest BCUT2D eigenvalue weighted by Crippen LogP contribution is -2.35. The van der Waals surface area contributed by atoms with Crippen LogP contribution in [0.4, 0.5) is 10.2 Å². The summed E-state index contributed by atoms with van der Waals surface area (Å²) in [5.41, 5.74) is -0.599. The van der Waals surface area contributed by atoms with Crippen LogP contribution in [-0.2, 0) is 10.2 Å². The topological polar surface area (TPSA) is 57.8 Å². The summed E-state index contributed by atoms with van der Waals surface area (Å²) in [6, 6.07) is 7.91. The molecule has 0 aliphatic rings. The third-order valence-electron chi connectivity index (χ3n) is 2.86. The molecule has 1 aromatic carbocycles. The lowest BCUT2D eigenvalue weighted by Gasteiger charge is -2.24. The summed E-state index contributed by atoms with van der Waals surface area (Å²) in [6.07, 6.45) is 1.53. The van der Waals surface area contributed by atoms with Crippen LogP contribution in [0.15, 0.2) is 36.5 Å². The molecule has 5 heteroatoms. The van der Waals surface area contributed by atoms with E-state index >= 15 is 0 Å². The molecule has 0 spiro atoms. The number of nitrogens with one attached hydrogen (secondary N) is 2. The first-order chi connectivity index (χ1) is 8.51. The Hall–Kier alpha value is -2.17. The Bertz CT molecular complexity index is 549. The first-order valence-corrected chi connectivity index (χ1v) is 5.57. The number of hydrogen-bond donors (Lipinski definition) is 2. The van der Waals surface area contributed by atoms with Crippen molar-refractivity contribution in [3.05, 3.63) is 47.9 Å². The highest BCUT2D eigenvalue weighted by Gasteiger charge is 2.32. The zero-order valence-electron chi connectivity index (χ0n) is 10.2. The quantitative estimate of drug-likeness (QED) is 0.875. The highest BCUT2D eigenvalue weighted by atomic mass is 19.1. The molecular weight excluding hydrogens is 233 g/mol. The molecule has 0 atom stereocenters. The fourth-order valence-electron chi connectivity index (χ4n) is 1.69. The van der Waals surface area contributed by atoms with Crippen molar-refractivity contribution < 1.29 is 9.18 Å². The first-order valence-electron chi connectivity index (χ1n) is 5.57. The monoisotopic (exact) mass is 247 g/mol. The van der Waals surface area contributed by atoms with Crippen LogP contribution < -0.4 is 5.32 Å². The molecule has 0 aliphatic carbocycles. The second kappa shape index (κ2) is 4.60. The molecule has 0 saturated heterocycles. The van der Waals surface area contributed by atoms with E-state index in [1.807, 2.05) is 0 Å². The van der Waals surface area contributed by atoms with Crippen molar-refractivity contribution in [2.45, 2.75) is 19.3 Å². The molecule has 1 aromatic heterocycles. The Balaban J connectivity index is 2.25. The third-order valence-corrected chi connectivity index (χ3v) is 2.86. The normalized spacial score (nSPS) is 11.3. The summed E-state index contributed by atoms with van der Waals surface area (Å²) in [4.78, 5) is 12.2. The van der Waals surface area contributed by atoms with Crippen molar-refractivity contribution >= 4 is 11.7 Å². The number of H-pyrrole nitrogens is 1. The number of benzene rings is 1. The Morgan fingerprint density at radius 2 is 2.06 bits per heavy atom. The maximum absolute atomic E-state index is 13.7. The minimum Gasteiger partial charge on any atom is -0.310 e. The number of hydrogen-bond acceptors (Lipinski definition) is 2. The first kappa shape index (κ1) is 12.3. The van der Waals surface area contributed by atoms with Crippen LogP contribution in [0.25, 0.3) is 0 Å². The minimum atomic E-state index is -0.962. The number of carbonyl (C=O) groups excluding carboxylic acids is 1. The van der Waals surface area contributed by atoms with Crippen LogP contribution in [0.3, 0.4) is 0 Å². The average molecular weight is 247 g/mol. The predicted molar refractivity (Wildman–Crippen MR) is 66.6 cm³/mol. The van der Waals surface area contributed by atoms with Gasteiger partial charge in [-0.1, -0.05) is 18.2 Å². The van der Waals surface area contributed by atoms with E-state index in [0.717, 1.165) is 0 Å². The van der Waals surface area contributed by atoms with Gasteiger partial charge in [-0.25, -0.2) is 4.39 Å². The molecule has 18 heavy (non-hydrogen) atoms. The molecule has 2 aromatic rings. The minimum absolute atomic E-state index is 0.295. The Labute approximate surface area is 104 Å². The van der Waals surface area contributed by atoms with Gasteiger partial charge in [0.1, 0.15) is 11.6 Å². The molecule has 94 valence electrons. The van der Waals surface area contributed by atoms with Crippen molar-refractivity contribution in [3.8, 4) is 0 Å². The Kier molecular flexibility index (Phi) is 3.14. The summed E-state index contributed by atoms with van der Waals surface area (Å²) >= 11 is 0. The average Bonchev–Trinajstić information content (AvgIpc) is 2.82. The highest BCUT2D eigenvalue weighted by Crippen LogP contribution is 2.26. The van der Waals surface area contributed by atoms with Gasteiger partial charge in [0.2, 0.25) is 5.91 Å². The van der Waals surface area contributed by atoms with Crippen LogP contribution in [-0.4, -0.2) is 16.1 Å². The van der Waals surface area contributed by atoms with Crippen LogP contribution in [0.2, 0.25) is 0 Å². The van der Waals surface area contributed by atoms with Gasteiger partial charge in [-0.05, 0) is 19.9 Å². The van der Waals surface area contributed by atoms with E-state index in [4.69, 9.17) is 0 Å². The van der Waals surface area contributed by atoms with E-state index in [0.29, 0.717) is 11.4 Å². The van der Waals surface area contributed by atoms with E-state index in [9.17, 15) is 9.18 Å². The second-order valence-electron chi connectivity index (χ2n) is 4.53. The van der Waals surface area contributed by atoms with Gasteiger partial charge in [-0.2, -0.15) is 5.10 Å². The molecule has 0 unspecified atom stereocenters. The van der Waals surface area contributed by atoms with Gasteiger partial charge in [0.05, 0.1) is 11.6 Å². The summed E-state index contributed by atoms with van der Waals surface area (Å²) < 4.78 is 13.7. The molecule has 2 N–H and O–H groups in total. The summed E-state index contributed by atoms with van der Waals surface area (Å²) in [5.74, 6) is -0.191. The number of nitrogens with zero attached hydrogens (tertiary/aromatic N) is 1. The number of aromatic amines is 1. The maximum Gasteiger partial charge on any atom is 0.235 e. The SMILES string of the molecule is CC(C)(C(=O)Nc1ccn[nH]1)c1ccccc1F. The molecule has 0 saturated carbocycles. The van der Waals surface area contributed by atoms with Gasteiger partial charge >= 0.3 is 0 Å². The van der Waals surface area contributed by atoms with E-state index in [1.165, 1.54) is 12.3 Å². The second-order valence-corrected chi connectivity index (χ2v) is 4.53. The van der Waals surface area contributed by atoms with Crippen LogP contribution in [0.1, 0.15) is 19.4 Å². The number of amides is 1. The van der Waals surface area contributed by atoms with Gasteiger partial charge in [0.25, 0.3) is 0 Å². The summed E-state index contributed by atoms with van der Waals surface area (Å²) in [6.45, 7) is 3.36. The smallest absolute Gasteiger partial charge is 0.235 e. The predicted octanol–water partition coefficient (Wildman–Crippen LogP) is 2.47. The number of aromatic nitrogens is 2. The van der Waals surface area contributed by atoms with Gasteiger partial charge in [-0.3, -0.25) is 9.89 Å². The van der Waals surface area contributed by atoms with Gasteiger partial charge in [-0.15, -0.1) is 0 Å². The van der Waals surface area contributed by atoms with Gasteiger partial charge < -0.3 is 5.32 Å². The highest BCUT2D eigenvalue weighted by molar-refractivity contribution is 5.97. The van der Waals surface area contributed by atoms with E-state index in [-0.39, 0.29) is 11.7 Å². The summed E-state index contributed by atoms with van der Waals surface area (Å²) in [5, 5.41) is 9.03. The standard InChI is InChI=1S/C13H14FN3O/c1-13(2,9-5-3-4-6-10(9)14)12(18)16-11-7-8-15-17-11/h3-8H,1-2H3,(H2,15,16,17,18). The molecule has 4 nitrogen and oxygen atoms in total. The maximum atomic E-state index is 13.7. The van der Waals surface area contributed by atoms with E-state index in [2.05, 4.69) is 15.5 Å². The zero-order chi connectivity index (χ0) is 13.2. The lowest BCUT2D eigenvalue weighted by atomic mass is 9.83. The van der Waals surface area contributed by atoms with E-state index in [1.54, 1.807) is 38.1 Å². The largest absolute Gasteiger partial charge is 0.310 e. The van der Waals surface area contributed by atoms with Gasteiger partial charge in [0, 0.05) is 11.6 Å². The lowest BCUT2D eigenvalue weighted by molar-refractivity contribution is -0.120. The van der Waals surface area contributed by atoms with Crippen LogP contribution >= 0.6 is 0 Å². The number of anilines is 1. The number of halogens is 1. The summed E-state index contributed by atoms with van der Waals surface area (Å²) in [7, 11) is 0. The van der Waals surface area contributed by atoms with Gasteiger partial charge in [0.15, 0.2) is 0 Å². The fraction of sp³-hybridized carbons (Fsp3) is 0.231. The molecule has 0 radical (unpaired) electrons. The Morgan fingerprint density at radius 3 is 2.67 bits per heavy atom. The van der Waals surface area contributed by atoms with Crippen molar-refractivity contribution in [3.63, 3.8) is 0 Å². The Morgan fingerprint density at radius 1 is 1.33 bits per heavy atom. The molecular formula is C13H14FN3O. The molecule has 0 aliphatic heterocycles. The molecule has 1 amide bonds. The molecule has 0 bridgehead atoms. The molecule has 0 fully saturated rings. The molecule has 1 heterocycles. The van der Waals surface area contributed by atoms with Crippen molar-refractivity contribution in [2.24, 2.45) is 0 Å². The number of rotatable bonds is 3. The van der Waals surface area contributed by atoms with Crippen LogP contribution in [0, 0.1) is 5.82 Å². The molecule has 2 rings (SSSR count). The van der Waals surface area contributed by atoms with Crippen molar-refractivity contribution in [1.29, 1.82) is 0 Å². The third kappa shape index (κ3) is 2.25. The van der Waals surface area contributed by atoms with Crippen LogP contribution in [0.5, 0.6) is 0 Å². The van der Waals surface area contributed by atoms with E-state index < -0.39 is 5.41 Å².